The zero-order valence-electron chi connectivity index (χ0n) is 16.6. The van der Waals surface area contributed by atoms with Crippen LogP contribution in [0, 0.1) is 5.92 Å². The predicted octanol–water partition coefficient (Wildman–Crippen LogP) is 4.00. The minimum atomic E-state index is 0. The number of nitrogens with zero attached hydrogens (tertiary/aromatic N) is 2. The summed E-state index contributed by atoms with van der Waals surface area (Å²) < 4.78 is 0. The van der Waals surface area contributed by atoms with Gasteiger partial charge in [-0.25, -0.2) is 0 Å². The molecule has 1 unspecified atom stereocenters. The molecule has 4 rings (SSSR count). The minimum Gasteiger partial charge on any atom is -0.340 e. The summed E-state index contributed by atoms with van der Waals surface area (Å²) >= 11 is 6.11. The van der Waals surface area contributed by atoms with E-state index in [1.165, 1.54) is 11.1 Å². The molecule has 2 heterocycles. The Hall–Kier alpha value is -1.59. The number of hydrogen-bond donors (Lipinski definition) is 1. The SMILES string of the molecule is Cl.O=C(C1CCNCC1)N1CCN(C(c2ccccc2)c2ccc(Cl)cc2)CC1. The average Bonchev–Trinajstić information content (AvgIpc) is 2.77. The Morgan fingerprint density at radius 2 is 1.48 bits per heavy atom. The first-order valence-corrected chi connectivity index (χ1v) is 10.6. The van der Waals surface area contributed by atoms with Crippen molar-refractivity contribution in [2.45, 2.75) is 18.9 Å². The second-order valence-corrected chi connectivity index (χ2v) is 8.19. The van der Waals surface area contributed by atoms with Crippen LogP contribution >= 0.6 is 24.0 Å². The first-order chi connectivity index (χ1) is 13.7. The Labute approximate surface area is 184 Å². The van der Waals surface area contributed by atoms with E-state index in [-0.39, 0.29) is 24.4 Å². The van der Waals surface area contributed by atoms with Crippen LogP contribution in [0.25, 0.3) is 0 Å². The zero-order chi connectivity index (χ0) is 19.3. The van der Waals surface area contributed by atoms with Crippen LogP contribution in [0.4, 0.5) is 0 Å². The summed E-state index contributed by atoms with van der Waals surface area (Å²) in [5.74, 6) is 0.554. The number of piperidine rings is 1. The molecule has 2 aliphatic heterocycles. The monoisotopic (exact) mass is 433 g/mol. The summed E-state index contributed by atoms with van der Waals surface area (Å²) in [7, 11) is 0. The maximum atomic E-state index is 12.9. The van der Waals surface area contributed by atoms with Crippen molar-refractivity contribution in [3.8, 4) is 0 Å². The van der Waals surface area contributed by atoms with Gasteiger partial charge in [0.05, 0.1) is 6.04 Å². The number of nitrogens with one attached hydrogen (secondary N) is 1. The third-order valence-electron chi connectivity index (χ3n) is 5.98. The van der Waals surface area contributed by atoms with Gasteiger partial charge in [-0.15, -0.1) is 12.4 Å². The fraction of sp³-hybridized carbons (Fsp3) is 0.435. The van der Waals surface area contributed by atoms with Crippen LogP contribution in [-0.4, -0.2) is 55.0 Å². The van der Waals surface area contributed by atoms with E-state index < -0.39 is 0 Å². The van der Waals surface area contributed by atoms with Crippen LogP contribution in [-0.2, 0) is 4.79 Å². The summed E-state index contributed by atoms with van der Waals surface area (Å²) in [6, 6.07) is 19.0. The molecule has 2 aromatic rings. The molecule has 2 aromatic carbocycles. The molecule has 0 bridgehead atoms. The lowest BCUT2D eigenvalue weighted by Gasteiger charge is -2.41. The van der Waals surface area contributed by atoms with Crippen molar-refractivity contribution >= 4 is 29.9 Å². The highest BCUT2D eigenvalue weighted by Crippen LogP contribution is 2.30. The van der Waals surface area contributed by atoms with Gasteiger partial charge < -0.3 is 10.2 Å². The lowest BCUT2D eigenvalue weighted by molar-refractivity contribution is -0.138. The lowest BCUT2D eigenvalue weighted by Crippen LogP contribution is -2.52. The molecule has 2 saturated heterocycles. The third kappa shape index (κ3) is 5.32. The van der Waals surface area contributed by atoms with Gasteiger partial charge in [0.25, 0.3) is 0 Å². The van der Waals surface area contributed by atoms with Gasteiger partial charge in [-0.05, 0) is 49.2 Å². The Balaban J connectivity index is 0.00000240. The highest BCUT2D eigenvalue weighted by Gasteiger charge is 2.31. The van der Waals surface area contributed by atoms with Gasteiger partial charge in [-0.1, -0.05) is 54.1 Å². The molecule has 0 saturated carbocycles. The maximum Gasteiger partial charge on any atom is 0.225 e. The molecule has 6 heteroatoms. The molecule has 1 amide bonds. The minimum absolute atomic E-state index is 0. The summed E-state index contributed by atoms with van der Waals surface area (Å²) in [4.78, 5) is 17.4. The van der Waals surface area contributed by atoms with E-state index in [4.69, 9.17) is 11.6 Å². The summed E-state index contributed by atoms with van der Waals surface area (Å²) in [5.41, 5.74) is 2.52. The average molecular weight is 434 g/mol. The molecule has 0 spiro atoms. The fourth-order valence-electron chi connectivity index (χ4n) is 4.42. The van der Waals surface area contributed by atoms with Crippen LogP contribution < -0.4 is 5.32 Å². The van der Waals surface area contributed by atoms with Gasteiger partial charge in [0.2, 0.25) is 5.91 Å². The first-order valence-electron chi connectivity index (χ1n) is 10.3. The molecule has 156 valence electrons. The van der Waals surface area contributed by atoms with Crippen LogP contribution in [0.2, 0.25) is 5.02 Å². The third-order valence-corrected chi connectivity index (χ3v) is 6.23. The molecule has 0 aromatic heterocycles. The number of amides is 1. The van der Waals surface area contributed by atoms with Gasteiger partial charge in [0.1, 0.15) is 0 Å². The van der Waals surface area contributed by atoms with E-state index in [9.17, 15) is 4.79 Å². The molecule has 1 atom stereocenters. The van der Waals surface area contributed by atoms with E-state index in [1.807, 2.05) is 12.1 Å². The van der Waals surface area contributed by atoms with Crippen molar-refractivity contribution < 1.29 is 4.79 Å². The van der Waals surface area contributed by atoms with Crippen molar-refractivity contribution in [1.29, 1.82) is 0 Å². The smallest absolute Gasteiger partial charge is 0.225 e. The predicted molar refractivity (Wildman–Crippen MR) is 121 cm³/mol. The zero-order valence-corrected chi connectivity index (χ0v) is 18.2. The summed E-state index contributed by atoms with van der Waals surface area (Å²) in [6.45, 7) is 5.31. The van der Waals surface area contributed by atoms with Gasteiger partial charge in [-0.3, -0.25) is 9.69 Å². The Kier molecular flexibility index (Phi) is 7.96. The van der Waals surface area contributed by atoms with Crippen LogP contribution in [0.3, 0.4) is 0 Å². The van der Waals surface area contributed by atoms with Crippen LogP contribution in [0.15, 0.2) is 54.6 Å². The van der Waals surface area contributed by atoms with Gasteiger partial charge in [0.15, 0.2) is 0 Å². The quantitative estimate of drug-likeness (QED) is 0.791. The van der Waals surface area contributed by atoms with Crippen molar-refractivity contribution in [1.82, 2.24) is 15.1 Å². The largest absolute Gasteiger partial charge is 0.340 e. The molecule has 4 nitrogen and oxygen atoms in total. The van der Waals surface area contributed by atoms with E-state index in [1.54, 1.807) is 0 Å². The highest BCUT2D eigenvalue weighted by molar-refractivity contribution is 6.30. The number of carbonyl (C=O) groups is 1. The number of carbonyl (C=O) groups excluding carboxylic acids is 1. The van der Waals surface area contributed by atoms with E-state index >= 15 is 0 Å². The van der Waals surface area contributed by atoms with Crippen molar-refractivity contribution in [2.24, 2.45) is 5.92 Å². The number of hydrogen-bond acceptors (Lipinski definition) is 3. The topological polar surface area (TPSA) is 35.6 Å². The molecule has 2 aliphatic rings. The molecule has 0 radical (unpaired) electrons. The van der Waals surface area contributed by atoms with Gasteiger partial charge >= 0.3 is 0 Å². The van der Waals surface area contributed by atoms with Gasteiger partial charge in [0, 0.05) is 37.1 Å². The molecule has 29 heavy (non-hydrogen) atoms. The summed E-state index contributed by atoms with van der Waals surface area (Å²) in [6.07, 6.45) is 1.94. The summed E-state index contributed by atoms with van der Waals surface area (Å²) in [5, 5.41) is 4.10. The van der Waals surface area contributed by atoms with Crippen molar-refractivity contribution in [3.05, 3.63) is 70.7 Å². The number of benzene rings is 2. The fourth-order valence-corrected chi connectivity index (χ4v) is 4.55. The normalized spacial score (nSPS) is 19.4. The van der Waals surface area contributed by atoms with E-state index in [2.05, 4.69) is 57.6 Å². The number of rotatable bonds is 4. The highest BCUT2D eigenvalue weighted by atomic mass is 35.5. The maximum absolute atomic E-state index is 12.9. The Morgan fingerprint density at radius 3 is 2.10 bits per heavy atom. The Bertz CT molecular complexity index is 770. The second kappa shape index (κ2) is 10.4. The number of halogens is 2. The standard InChI is InChI=1S/C23H28ClN3O.ClH/c24-21-8-6-19(7-9-21)22(18-4-2-1-3-5-18)26-14-16-27(17-15-26)23(28)20-10-12-25-13-11-20;/h1-9,20,22,25H,10-17H2;1H. The van der Waals surface area contributed by atoms with Crippen LogP contribution in [0.1, 0.15) is 30.0 Å². The molecule has 1 N–H and O–H groups in total. The van der Waals surface area contributed by atoms with Gasteiger partial charge in [-0.2, -0.15) is 0 Å². The number of piperazine rings is 1. The molecular weight excluding hydrogens is 405 g/mol. The first kappa shape index (κ1) is 22.1. The second-order valence-electron chi connectivity index (χ2n) is 7.75. The lowest BCUT2D eigenvalue weighted by atomic mass is 9.95. The molecular formula is C23H29Cl2N3O. The molecule has 0 aliphatic carbocycles. The molecule has 2 fully saturated rings. The van der Waals surface area contributed by atoms with Crippen molar-refractivity contribution in [3.63, 3.8) is 0 Å². The van der Waals surface area contributed by atoms with Crippen molar-refractivity contribution in [2.75, 3.05) is 39.3 Å². The van der Waals surface area contributed by atoms with E-state index in [0.717, 1.165) is 57.1 Å². The van der Waals surface area contributed by atoms with Crippen LogP contribution in [0.5, 0.6) is 0 Å². The van der Waals surface area contributed by atoms with E-state index in [0.29, 0.717) is 5.91 Å². The Morgan fingerprint density at radius 1 is 0.897 bits per heavy atom.